The van der Waals surface area contributed by atoms with Gasteiger partial charge in [-0.05, 0) is 29.8 Å². The summed E-state index contributed by atoms with van der Waals surface area (Å²) in [5.41, 5.74) is 4.26. The molecule has 0 saturated carbocycles. The molecular formula is C21H13ClN2O. The summed E-state index contributed by atoms with van der Waals surface area (Å²) >= 11 is 6.18. The molecule has 4 heteroatoms. The average Bonchev–Trinajstić information content (AvgIpc) is 2.94. The molecule has 5 aromatic rings. The van der Waals surface area contributed by atoms with Crippen molar-refractivity contribution in [3.8, 4) is 0 Å². The van der Waals surface area contributed by atoms with Gasteiger partial charge in [0.2, 0.25) is 5.43 Å². The van der Waals surface area contributed by atoms with Gasteiger partial charge in [-0.1, -0.05) is 41.9 Å². The van der Waals surface area contributed by atoms with E-state index >= 15 is 0 Å². The summed E-state index contributed by atoms with van der Waals surface area (Å²) in [7, 11) is 0. The summed E-state index contributed by atoms with van der Waals surface area (Å²) in [4.78, 5) is 17.4. The molecule has 0 spiro atoms. The van der Waals surface area contributed by atoms with Crippen LogP contribution >= 0.6 is 11.6 Å². The predicted octanol–water partition coefficient (Wildman–Crippen LogP) is 4.68. The summed E-state index contributed by atoms with van der Waals surface area (Å²) < 4.78 is 2.07. The Labute approximate surface area is 148 Å². The number of halogens is 1. The molecule has 0 aliphatic heterocycles. The van der Waals surface area contributed by atoms with Crippen molar-refractivity contribution >= 4 is 38.9 Å². The first-order chi connectivity index (χ1) is 12.2. The van der Waals surface area contributed by atoms with E-state index in [1.807, 2.05) is 60.8 Å². The lowest BCUT2D eigenvalue weighted by atomic mass is 10.1. The first kappa shape index (κ1) is 14.4. The predicted molar refractivity (Wildman–Crippen MR) is 102 cm³/mol. The van der Waals surface area contributed by atoms with E-state index in [0.717, 1.165) is 32.9 Å². The van der Waals surface area contributed by atoms with Gasteiger partial charge in [-0.3, -0.25) is 9.78 Å². The maximum atomic E-state index is 13.0. The maximum absolute atomic E-state index is 13.0. The fourth-order valence-electron chi connectivity index (χ4n) is 3.58. The van der Waals surface area contributed by atoms with E-state index in [4.69, 9.17) is 11.6 Å². The third kappa shape index (κ3) is 2.13. The van der Waals surface area contributed by atoms with Gasteiger partial charge in [0.05, 0.1) is 11.0 Å². The third-order valence-corrected chi connectivity index (χ3v) is 4.94. The lowest BCUT2D eigenvalue weighted by molar-refractivity contribution is 1.11. The van der Waals surface area contributed by atoms with Gasteiger partial charge in [0.1, 0.15) is 5.52 Å². The first-order valence-corrected chi connectivity index (χ1v) is 8.47. The van der Waals surface area contributed by atoms with Crippen LogP contribution in [0.2, 0.25) is 5.02 Å². The van der Waals surface area contributed by atoms with Crippen molar-refractivity contribution in [1.82, 2.24) is 9.38 Å². The molecule has 0 atom stereocenters. The molecule has 5 rings (SSSR count). The number of benzene rings is 2. The van der Waals surface area contributed by atoms with Crippen molar-refractivity contribution in [3.63, 3.8) is 0 Å². The van der Waals surface area contributed by atoms with Gasteiger partial charge in [-0.25, -0.2) is 0 Å². The minimum atomic E-state index is -0.00384. The summed E-state index contributed by atoms with van der Waals surface area (Å²) in [6.45, 7) is 0. The van der Waals surface area contributed by atoms with Crippen molar-refractivity contribution in [2.24, 2.45) is 0 Å². The molecule has 0 saturated heterocycles. The second-order valence-corrected chi connectivity index (χ2v) is 6.67. The zero-order valence-electron chi connectivity index (χ0n) is 13.2. The summed E-state index contributed by atoms with van der Waals surface area (Å²) in [5.74, 6) is 0. The van der Waals surface area contributed by atoms with Crippen molar-refractivity contribution in [2.75, 3.05) is 0 Å². The van der Waals surface area contributed by atoms with Gasteiger partial charge in [-0.2, -0.15) is 0 Å². The Kier molecular flexibility index (Phi) is 3.06. The van der Waals surface area contributed by atoms with Crippen LogP contribution in [0.25, 0.3) is 27.3 Å². The second-order valence-electron chi connectivity index (χ2n) is 6.23. The fourth-order valence-corrected chi connectivity index (χ4v) is 3.75. The van der Waals surface area contributed by atoms with Crippen LogP contribution in [0.4, 0.5) is 0 Å². The van der Waals surface area contributed by atoms with Crippen molar-refractivity contribution in [1.29, 1.82) is 0 Å². The van der Waals surface area contributed by atoms with Crippen LogP contribution in [0.5, 0.6) is 0 Å². The smallest absolute Gasteiger partial charge is 0.211 e. The topological polar surface area (TPSA) is 34.4 Å². The number of rotatable bonds is 2. The molecule has 3 heterocycles. The number of aromatic nitrogens is 2. The Morgan fingerprint density at radius 3 is 2.68 bits per heavy atom. The standard InChI is InChI=1S/C21H13ClN2O/c22-15-6-7-18-17(11-15)16-8-9-23-19-20(16)24(18)12-14(21(19)25)10-13-4-2-1-3-5-13/h1-9,11-12H,10H2. The SMILES string of the molecule is O=c1c(Cc2ccccc2)cn2c3ccc(Cl)cc3c3ccnc1c32. The minimum absolute atomic E-state index is 0.00384. The van der Waals surface area contributed by atoms with E-state index in [0.29, 0.717) is 17.0 Å². The molecule has 0 fully saturated rings. The zero-order valence-corrected chi connectivity index (χ0v) is 14.0. The summed E-state index contributed by atoms with van der Waals surface area (Å²) in [6.07, 6.45) is 4.23. The van der Waals surface area contributed by atoms with Crippen molar-refractivity contribution in [3.05, 3.63) is 93.4 Å². The Balaban J connectivity index is 1.89. The number of hydrogen-bond donors (Lipinski definition) is 0. The van der Waals surface area contributed by atoms with Crippen LogP contribution in [0.1, 0.15) is 11.1 Å². The highest BCUT2D eigenvalue weighted by Gasteiger charge is 2.16. The van der Waals surface area contributed by atoms with E-state index in [1.54, 1.807) is 6.20 Å². The van der Waals surface area contributed by atoms with Gasteiger partial charge >= 0.3 is 0 Å². The van der Waals surface area contributed by atoms with Crippen molar-refractivity contribution < 1.29 is 0 Å². The molecule has 0 N–H and O–H groups in total. The monoisotopic (exact) mass is 344 g/mol. The van der Waals surface area contributed by atoms with Crippen LogP contribution in [0.3, 0.4) is 0 Å². The minimum Gasteiger partial charge on any atom is -0.313 e. The van der Waals surface area contributed by atoms with Gasteiger partial charge < -0.3 is 4.40 Å². The molecule has 25 heavy (non-hydrogen) atoms. The maximum Gasteiger partial charge on any atom is 0.211 e. The molecule has 0 amide bonds. The summed E-state index contributed by atoms with van der Waals surface area (Å²) in [5, 5.41) is 2.73. The number of fused-ring (bicyclic) bond motifs is 3. The lowest BCUT2D eigenvalue weighted by Gasteiger charge is -2.06. The van der Waals surface area contributed by atoms with E-state index in [1.165, 1.54) is 0 Å². The molecule has 0 aliphatic carbocycles. The molecular weight excluding hydrogens is 332 g/mol. The molecule has 2 aromatic carbocycles. The Hall–Kier alpha value is -2.91. The Bertz CT molecular complexity index is 1290. The number of pyridine rings is 2. The molecule has 0 radical (unpaired) electrons. The van der Waals surface area contributed by atoms with E-state index in [2.05, 4.69) is 9.38 Å². The third-order valence-electron chi connectivity index (χ3n) is 4.70. The highest BCUT2D eigenvalue weighted by molar-refractivity contribution is 6.32. The highest BCUT2D eigenvalue weighted by Crippen LogP contribution is 2.31. The van der Waals surface area contributed by atoms with Gasteiger partial charge in [0.25, 0.3) is 0 Å². The molecule has 0 bridgehead atoms. The normalized spacial score (nSPS) is 11.7. The van der Waals surface area contributed by atoms with Crippen LogP contribution in [-0.2, 0) is 6.42 Å². The Morgan fingerprint density at radius 1 is 1.00 bits per heavy atom. The van der Waals surface area contributed by atoms with E-state index in [9.17, 15) is 4.79 Å². The molecule has 3 nitrogen and oxygen atoms in total. The van der Waals surface area contributed by atoms with Gasteiger partial charge in [-0.15, -0.1) is 0 Å². The first-order valence-electron chi connectivity index (χ1n) is 8.10. The quantitative estimate of drug-likeness (QED) is 0.466. The lowest BCUT2D eigenvalue weighted by Crippen LogP contribution is -2.13. The van der Waals surface area contributed by atoms with E-state index in [-0.39, 0.29) is 5.43 Å². The molecule has 120 valence electrons. The largest absolute Gasteiger partial charge is 0.313 e. The van der Waals surface area contributed by atoms with Crippen LogP contribution in [0, 0.1) is 0 Å². The summed E-state index contributed by atoms with van der Waals surface area (Å²) in [6, 6.07) is 17.8. The van der Waals surface area contributed by atoms with Crippen LogP contribution < -0.4 is 5.43 Å². The van der Waals surface area contributed by atoms with Crippen LogP contribution in [0.15, 0.2) is 71.8 Å². The number of hydrogen-bond acceptors (Lipinski definition) is 2. The van der Waals surface area contributed by atoms with Crippen LogP contribution in [-0.4, -0.2) is 9.38 Å². The Morgan fingerprint density at radius 2 is 1.84 bits per heavy atom. The van der Waals surface area contributed by atoms with Crippen molar-refractivity contribution in [2.45, 2.75) is 6.42 Å². The highest BCUT2D eigenvalue weighted by atomic mass is 35.5. The second kappa shape index (κ2) is 5.30. The molecule has 0 unspecified atom stereocenters. The number of nitrogens with zero attached hydrogens (tertiary/aromatic N) is 2. The fraction of sp³-hybridized carbons (Fsp3) is 0.0476. The van der Waals surface area contributed by atoms with Gasteiger partial charge in [0.15, 0.2) is 0 Å². The van der Waals surface area contributed by atoms with Gasteiger partial charge in [0, 0.05) is 40.2 Å². The zero-order chi connectivity index (χ0) is 17.0. The molecule has 3 aromatic heterocycles. The van der Waals surface area contributed by atoms with E-state index < -0.39 is 0 Å². The molecule has 0 aliphatic rings. The average molecular weight is 345 g/mol.